The number of carbonyl (C=O) groups is 3. The quantitative estimate of drug-likeness (QED) is 0.236. The zero-order chi connectivity index (χ0) is 37.3. The van der Waals surface area contributed by atoms with Crippen molar-refractivity contribution in [2.45, 2.75) is 108 Å². The average Bonchev–Trinajstić information content (AvgIpc) is 3.99. The van der Waals surface area contributed by atoms with E-state index in [4.69, 9.17) is 19.4 Å². The van der Waals surface area contributed by atoms with E-state index in [1.165, 1.54) is 11.3 Å². The van der Waals surface area contributed by atoms with E-state index in [1.54, 1.807) is 18.1 Å². The number of hydrogen-bond acceptors (Lipinski definition) is 10. The molecule has 3 aromatic rings. The molecule has 1 aromatic carbocycles. The summed E-state index contributed by atoms with van der Waals surface area (Å²) in [6.07, 6.45) is 3.70. The van der Waals surface area contributed by atoms with Gasteiger partial charge in [0, 0.05) is 40.7 Å². The van der Waals surface area contributed by atoms with Crippen LogP contribution in [0.5, 0.6) is 11.5 Å². The molecule has 2 N–H and O–H groups in total. The summed E-state index contributed by atoms with van der Waals surface area (Å²) in [5, 5.41) is 5.86. The van der Waals surface area contributed by atoms with E-state index in [9.17, 15) is 22.8 Å². The second-order valence-electron chi connectivity index (χ2n) is 15.4. The van der Waals surface area contributed by atoms with E-state index in [-0.39, 0.29) is 36.5 Å². The number of nitrogens with zero attached hydrogens (tertiary/aromatic N) is 3. The number of piperidine rings is 1. The molecule has 2 saturated carbocycles. The van der Waals surface area contributed by atoms with Gasteiger partial charge >= 0.3 is 0 Å². The van der Waals surface area contributed by atoms with E-state index < -0.39 is 56.7 Å². The van der Waals surface area contributed by atoms with Gasteiger partial charge in [-0.2, -0.15) is 0 Å². The summed E-state index contributed by atoms with van der Waals surface area (Å²) in [6, 6.07) is 4.34. The van der Waals surface area contributed by atoms with E-state index in [0.717, 1.165) is 21.7 Å². The highest BCUT2D eigenvalue weighted by Crippen LogP contribution is 2.47. The molecule has 4 heterocycles. The monoisotopic (exact) mass is 749 g/mol. The fourth-order valence-corrected chi connectivity index (χ4v) is 10.1. The number of sulfonamides is 1. The van der Waals surface area contributed by atoms with Gasteiger partial charge in [-0.3, -0.25) is 19.1 Å². The van der Waals surface area contributed by atoms with Crippen molar-refractivity contribution in [3.63, 3.8) is 0 Å². The van der Waals surface area contributed by atoms with Gasteiger partial charge in [0.2, 0.25) is 21.8 Å². The van der Waals surface area contributed by atoms with Crippen molar-refractivity contribution in [1.29, 1.82) is 0 Å². The van der Waals surface area contributed by atoms with Crippen molar-refractivity contribution in [1.82, 2.24) is 24.9 Å². The average molecular weight is 750 g/mol. The second-order valence-corrected chi connectivity index (χ2v) is 18.2. The third-order valence-corrected chi connectivity index (χ3v) is 14.0. The van der Waals surface area contributed by atoms with Crippen molar-refractivity contribution in [2.24, 2.45) is 17.8 Å². The number of benzene rings is 1. The standard InChI is InChI=1S/C38H47N5O7S2/c1-8-22-17-38(22,37(46)42-52(47,48)23-9-10-23)41-34(44)29-16-32(28-13-11-24(19(2)3)36(45)43(28)29)50-31-15-26(35-40-27(18-51-35)20(4)5)39-33-21(6)30(49-7)14-12-25(31)33/h8,12,14-15,18-20,22-24,28-29,32H,1,9-11,13,16-17H2,2-7H3,(H,41,44)(H,42,46)/t22-,24-,28-,29+,32-,38?/m1/s1. The van der Waals surface area contributed by atoms with Gasteiger partial charge < -0.3 is 19.7 Å². The Balaban J connectivity index is 1.23. The van der Waals surface area contributed by atoms with E-state index >= 15 is 0 Å². The van der Waals surface area contributed by atoms with Crippen LogP contribution in [0.3, 0.4) is 0 Å². The number of aromatic nitrogens is 2. The summed E-state index contributed by atoms with van der Waals surface area (Å²) in [5.41, 5.74) is 1.71. The predicted octanol–water partition coefficient (Wildman–Crippen LogP) is 5.25. The van der Waals surface area contributed by atoms with E-state index in [0.29, 0.717) is 48.4 Å². The molecule has 4 fully saturated rings. The van der Waals surface area contributed by atoms with Gasteiger partial charge in [0.15, 0.2) is 0 Å². The molecule has 52 heavy (non-hydrogen) atoms. The van der Waals surface area contributed by atoms with Crippen molar-refractivity contribution in [3.8, 4) is 22.2 Å². The third-order valence-electron chi connectivity index (χ3n) is 11.3. The van der Waals surface area contributed by atoms with Crippen LogP contribution in [0.4, 0.5) is 0 Å². The van der Waals surface area contributed by atoms with Crippen molar-refractivity contribution in [3.05, 3.63) is 47.5 Å². The van der Waals surface area contributed by atoms with Crippen LogP contribution in [0, 0.1) is 24.7 Å². The number of methoxy groups -OCH3 is 1. The Bertz CT molecular complexity index is 2060. The van der Waals surface area contributed by atoms with Crippen LogP contribution < -0.4 is 19.5 Å². The minimum Gasteiger partial charge on any atom is -0.496 e. The molecule has 278 valence electrons. The molecule has 0 spiro atoms. The van der Waals surface area contributed by atoms with Crippen LogP contribution in [0.15, 0.2) is 36.2 Å². The molecule has 1 unspecified atom stereocenters. The van der Waals surface area contributed by atoms with Crippen molar-refractivity contribution in [2.75, 3.05) is 7.11 Å². The highest BCUT2D eigenvalue weighted by molar-refractivity contribution is 7.91. The van der Waals surface area contributed by atoms with Crippen molar-refractivity contribution >= 4 is 50.0 Å². The summed E-state index contributed by atoms with van der Waals surface area (Å²) in [7, 11) is -2.22. The summed E-state index contributed by atoms with van der Waals surface area (Å²) >= 11 is 1.51. The molecule has 3 amide bonds. The molecular weight excluding hydrogens is 703 g/mol. The summed E-state index contributed by atoms with van der Waals surface area (Å²) in [6.45, 7) is 14.0. The zero-order valence-electron chi connectivity index (χ0n) is 30.5. The highest BCUT2D eigenvalue weighted by Gasteiger charge is 2.62. The number of fused-ring (bicyclic) bond motifs is 2. The van der Waals surface area contributed by atoms with Gasteiger partial charge in [-0.25, -0.2) is 18.4 Å². The van der Waals surface area contributed by atoms with Crippen LogP contribution in [0.25, 0.3) is 21.6 Å². The molecule has 2 saturated heterocycles. The summed E-state index contributed by atoms with van der Waals surface area (Å²) < 4.78 is 40.2. The van der Waals surface area contributed by atoms with Crippen LogP contribution in [-0.4, -0.2) is 77.1 Å². The first-order chi connectivity index (χ1) is 24.7. The largest absolute Gasteiger partial charge is 0.496 e. The van der Waals surface area contributed by atoms with Crippen molar-refractivity contribution < 1.29 is 32.3 Å². The van der Waals surface area contributed by atoms with Crippen LogP contribution in [-0.2, 0) is 24.4 Å². The molecule has 2 aromatic heterocycles. The summed E-state index contributed by atoms with van der Waals surface area (Å²) in [5.74, 6) is -0.548. The third kappa shape index (κ3) is 6.35. The lowest BCUT2D eigenvalue weighted by Gasteiger charge is -2.40. The fourth-order valence-electron chi connectivity index (χ4n) is 7.85. The molecule has 4 aliphatic rings. The van der Waals surface area contributed by atoms with Gasteiger partial charge in [-0.1, -0.05) is 33.8 Å². The zero-order valence-corrected chi connectivity index (χ0v) is 32.1. The minimum absolute atomic E-state index is 0.0640. The molecule has 0 bridgehead atoms. The van der Waals surface area contributed by atoms with Gasteiger partial charge in [0.25, 0.3) is 5.91 Å². The fraction of sp³-hybridized carbons (Fsp3) is 0.553. The Labute approximate surface area is 308 Å². The molecular formula is C38H47N5O7S2. The van der Waals surface area contributed by atoms with Gasteiger partial charge in [-0.15, -0.1) is 17.9 Å². The van der Waals surface area contributed by atoms with E-state index in [1.807, 2.05) is 44.4 Å². The number of aryl methyl sites for hydroxylation is 1. The number of thiazole rings is 1. The van der Waals surface area contributed by atoms with E-state index in [2.05, 4.69) is 30.5 Å². The maximum Gasteiger partial charge on any atom is 0.259 e. The number of amides is 3. The summed E-state index contributed by atoms with van der Waals surface area (Å²) in [4.78, 5) is 53.5. The highest BCUT2D eigenvalue weighted by atomic mass is 32.2. The number of carbonyl (C=O) groups excluding carboxylic acids is 3. The first-order valence-electron chi connectivity index (χ1n) is 18.1. The molecule has 14 heteroatoms. The second kappa shape index (κ2) is 13.4. The lowest BCUT2D eigenvalue weighted by molar-refractivity contribution is -0.149. The maximum atomic E-state index is 14.3. The molecule has 12 nitrogen and oxygen atoms in total. The number of pyridine rings is 1. The van der Waals surface area contributed by atoms with Gasteiger partial charge in [0.1, 0.15) is 39.9 Å². The lowest BCUT2D eigenvalue weighted by atomic mass is 9.84. The van der Waals surface area contributed by atoms with Crippen LogP contribution in [0.1, 0.15) is 83.4 Å². The smallest absolute Gasteiger partial charge is 0.259 e. The number of hydrogen-bond donors (Lipinski definition) is 2. The molecule has 7 rings (SSSR count). The topological polar surface area (TPSA) is 157 Å². The number of rotatable bonds is 12. The molecule has 6 atom stereocenters. The number of nitrogens with one attached hydrogen (secondary N) is 2. The molecule has 2 aliphatic heterocycles. The van der Waals surface area contributed by atoms with Crippen LogP contribution >= 0.6 is 11.3 Å². The Morgan fingerprint density at radius 2 is 1.87 bits per heavy atom. The Hall–Kier alpha value is -4.04. The Morgan fingerprint density at radius 3 is 2.48 bits per heavy atom. The number of ether oxygens (including phenoxy) is 2. The first kappa shape index (κ1) is 36.3. The SMILES string of the molecule is C=C[C@@H]1CC1(NC(=O)[C@@H]1C[C@@H](Oc2cc(-c3nc(C(C)C)cs3)nc3c(C)c(OC)ccc23)[C@H]2CC[C@H](C(C)C)C(=O)N21)C(=O)NS(=O)(=O)C1CC1. The lowest BCUT2D eigenvalue weighted by Crippen LogP contribution is -2.59. The molecule has 2 aliphatic carbocycles. The minimum atomic E-state index is -3.84. The first-order valence-corrected chi connectivity index (χ1v) is 20.5. The Morgan fingerprint density at radius 1 is 1.12 bits per heavy atom. The predicted molar refractivity (Wildman–Crippen MR) is 199 cm³/mol. The molecule has 0 radical (unpaired) electrons. The normalized spacial score (nSPS) is 27.1. The van der Waals surface area contributed by atoms with Gasteiger partial charge in [-0.05, 0) is 63.0 Å². The maximum absolute atomic E-state index is 14.3. The Kier molecular flexibility index (Phi) is 9.38. The van der Waals surface area contributed by atoms with Gasteiger partial charge in [0.05, 0.1) is 29.6 Å². The van der Waals surface area contributed by atoms with Crippen LogP contribution in [0.2, 0.25) is 0 Å².